The van der Waals surface area contributed by atoms with E-state index in [2.05, 4.69) is 14.8 Å². The number of rotatable bonds is 10. The van der Waals surface area contributed by atoms with Crippen molar-refractivity contribution in [2.75, 3.05) is 40.5 Å². The molecule has 0 aliphatic carbocycles. The maximum atomic E-state index is 12.0. The molecule has 2 N–H and O–H groups in total. The van der Waals surface area contributed by atoms with Crippen molar-refractivity contribution in [3.05, 3.63) is 35.4 Å². The summed E-state index contributed by atoms with van der Waals surface area (Å²) < 4.78 is 36.1. The van der Waals surface area contributed by atoms with Crippen LogP contribution in [0.2, 0.25) is 0 Å². The van der Waals surface area contributed by atoms with Crippen molar-refractivity contribution in [3.8, 4) is 0 Å². The first-order valence-electron chi connectivity index (χ1n) is 6.83. The van der Waals surface area contributed by atoms with Crippen LogP contribution in [0.15, 0.2) is 24.3 Å². The zero-order valence-corrected chi connectivity index (χ0v) is 14.8. The lowest BCUT2D eigenvalue weighted by atomic mass is 10.1. The molecule has 7 nitrogen and oxygen atoms in total. The van der Waals surface area contributed by atoms with Gasteiger partial charge in [0, 0.05) is 26.7 Å². The fourth-order valence-electron chi connectivity index (χ4n) is 1.81. The summed E-state index contributed by atoms with van der Waals surface area (Å²) in [4.78, 5) is 11.6. The van der Waals surface area contributed by atoms with Gasteiger partial charge in [-0.3, -0.25) is 0 Å². The zero-order valence-electron chi connectivity index (χ0n) is 13.2. The van der Waals surface area contributed by atoms with Crippen molar-refractivity contribution in [3.63, 3.8) is 0 Å². The highest BCUT2D eigenvalue weighted by atomic mass is 35.5. The third kappa shape index (κ3) is 8.29. The number of hydrogen-bond donors (Lipinski definition) is 2. The molecule has 0 aliphatic heterocycles. The van der Waals surface area contributed by atoms with E-state index in [4.69, 9.17) is 4.74 Å². The van der Waals surface area contributed by atoms with Crippen LogP contribution in [0.25, 0.3) is 0 Å². The molecule has 1 aromatic rings. The molecule has 0 bridgehead atoms. The molecule has 0 amide bonds. The van der Waals surface area contributed by atoms with Gasteiger partial charge in [-0.2, -0.15) is 0 Å². The van der Waals surface area contributed by atoms with Crippen molar-refractivity contribution >= 4 is 28.4 Å². The summed E-state index contributed by atoms with van der Waals surface area (Å²) >= 11 is 0. The standard InChI is InChI=1S/C14H22N2O5S.ClH/c1-20-10-9-15-7-8-16-22(18,19)11-12-5-3-4-6-13(12)14(17)21-2;/h3-6,15-16H,7-11H2,1-2H3;1H. The summed E-state index contributed by atoms with van der Waals surface area (Å²) in [7, 11) is -0.659. The summed E-state index contributed by atoms with van der Waals surface area (Å²) in [6.45, 7) is 2.00. The second-order valence-corrected chi connectivity index (χ2v) is 6.35. The first-order valence-corrected chi connectivity index (χ1v) is 8.48. The van der Waals surface area contributed by atoms with E-state index in [9.17, 15) is 13.2 Å². The monoisotopic (exact) mass is 366 g/mol. The number of hydrogen-bond acceptors (Lipinski definition) is 6. The number of methoxy groups -OCH3 is 2. The minimum absolute atomic E-state index is 0. The molecule has 0 atom stereocenters. The van der Waals surface area contributed by atoms with Crippen molar-refractivity contribution in [1.82, 2.24) is 10.0 Å². The molecule has 9 heteroatoms. The Kier molecular flexibility index (Phi) is 10.8. The Morgan fingerprint density at radius 3 is 2.48 bits per heavy atom. The van der Waals surface area contributed by atoms with Gasteiger partial charge in [-0.05, 0) is 11.6 Å². The number of carbonyl (C=O) groups is 1. The Morgan fingerprint density at radius 2 is 1.83 bits per heavy atom. The lowest BCUT2D eigenvalue weighted by Gasteiger charge is -2.10. The smallest absolute Gasteiger partial charge is 0.338 e. The Bertz CT molecular complexity index is 580. The van der Waals surface area contributed by atoms with Crippen molar-refractivity contribution in [1.29, 1.82) is 0 Å². The molecule has 0 radical (unpaired) electrons. The van der Waals surface area contributed by atoms with Crippen molar-refractivity contribution in [2.45, 2.75) is 5.75 Å². The van der Waals surface area contributed by atoms with Gasteiger partial charge in [-0.1, -0.05) is 18.2 Å². The predicted octanol–water partition coefficient (Wildman–Crippen LogP) is 0.550. The second kappa shape index (κ2) is 11.4. The number of esters is 1. The molecular formula is C14H23ClN2O5S. The van der Waals surface area contributed by atoms with Crippen molar-refractivity contribution < 1.29 is 22.7 Å². The Labute approximate surface area is 143 Å². The molecule has 0 saturated carbocycles. The highest BCUT2D eigenvalue weighted by Crippen LogP contribution is 2.13. The normalized spacial score (nSPS) is 10.9. The number of benzene rings is 1. The average Bonchev–Trinajstić information content (AvgIpc) is 2.50. The molecule has 0 unspecified atom stereocenters. The minimum Gasteiger partial charge on any atom is -0.465 e. The van der Waals surface area contributed by atoms with Crippen LogP contribution in [0.3, 0.4) is 0 Å². The average molecular weight is 367 g/mol. The summed E-state index contributed by atoms with van der Waals surface area (Å²) in [5.74, 6) is -0.817. The van der Waals surface area contributed by atoms with Gasteiger partial charge in [0.05, 0.1) is 25.0 Å². The molecule has 0 aromatic heterocycles. The molecule has 0 spiro atoms. The van der Waals surface area contributed by atoms with Crippen LogP contribution in [0.4, 0.5) is 0 Å². The largest absolute Gasteiger partial charge is 0.465 e. The fourth-order valence-corrected chi connectivity index (χ4v) is 2.98. The third-order valence-electron chi connectivity index (χ3n) is 2.87. The highest BCUT2D eigenvalue weighted by molar-refractivity contribution is 7.88. The number of nitrogens with one attached hydrogen (secondary N) is 2. The first kappa shape index (κ1) is 21.8. The summed E-state index contributed by atoms with van der Waals surface area (Å²) in [5, 5.41) is 3.04. The lowest BCUT2D eigenvalue weighted by molar-refractivity contribution is 0.0600. The van der Waals surface area contributed by atoms with Gasteiger partial charge in [0.1, 0.15) is 0 Å². The van der Waals surface area contributed by atoms with Gasteiger partial charge in [0.25, 0.3) is 0 Å². The zero-order chi connectivity index (χ0) is 16.4. The molecule has 0 heterocycles. The number of halogens is 1. The van der Waals surface area contributed by atoms with E-state index in [0.717, 1.165) is 0 Å². The van der Waals surface area contributed by atoms with Crippen LogP contribution in [0, 0.1) is 0 Å². The minimum atomic E-state index is -3.52. The fraction of sp³-hybridized carbons (Fsp3) is 0.500. The van der Waals surface area contributed by atoms with Gasteiger partial charge < -0.3 is 14.8 Å². The van der Waals surface area contributed by atoms with Crippen LogP contribution in [-0.4, -0.2) is 54.8 Å². The molecule has 1 rings (SSSR count). The Morgan fingerprint density at radius 1 is 1.13 bits per heavy atom. The van der Waals surface area contributed by atoms with E-state index in [-0.39, 0.29) is 30.3 Å². The first-order chi connectivity index (χ1) is 10.5. The summed E-state index contributed by atoms with van der Waals surface area (Å²) in [5.41, 5.74) is 0.669. The van der Waals surface area contributed by atoms with E-state index in [0.29, 0.717) is 25.3 Å². The second-order valence-electron chi connectivity index (χ2n) is 4.54. The van der Waals surface area contributed by atoms with Crippen molar-refractivity contribution in [2.24, 2.45) is 0 Å². The van der Waals surface area contributed by atoms with E-state index in [1.807, 2.05) is 0 Å². The number of carbonyl (C=O) groups excluding carboxylic acids is 1. The maximum absolute atomic E-state index is 12.0. The number of ether oxygens (including phenoxy) is 2. The molecular weight excluding hydrogens is 344 g/mol. The van der Waals surface area contributed by atoms with Crippen LogP contribution in [0.5, 0.6) is 0 Å². The molecule has 0 aliphatic rings. The third-order valence-corrected chi connectivity index (χ3v) is 4.21. The Balaban J connectivity index is 0.00000484. The number of sulfonamides is 1. The summed E-state index contributed by atoms with van der Waals surface area (Å²) in [6.07, 6.45) is 0. The van der Waals surface area contributed by atoms with Crippen LogP contribution in [-0.2, 0) is 25.2 Å². The molecule has 132 valence electrons. The lowest BCUT2D eigenvalue weighted by Crippen LogP contribution is -2.34. The van der Waals surface area contributed by atoms with E-state index in [1.165, 1.54) is 7.11 Å². The van der Waals surface area contributed by atoms with Crippen LogP contribution < -0.4 is 10.0 Å². The SMILES string of the molecule is COCCNCCNS(=O)(=O)Cc1ccccc1C(=O)OC.Cl. The predicted molar refractivity (Wildman–Crippen MR) is 90.4 cm³/mol. The van der Waals surface area contributed by atoms with E-state index < -0.39 is 16.0 Å². The topological polar surface area (TPSA) is 93.7 Å². The van der Waals surface area contributed by atoms with Gasteiger partial charge >= 0.3 is 5.97 Å². The van der Waals surface area contributed by atoms with Gasteiger partial charge in [-0.15, -0.1) is 12.4 Å². The van der Waals surface area contributed by atoms with Crippen LogP contribution in [0.1, 0.15) is 15.9 Å². The maximum Gasteiger partial charge on any atom is 0.338 e. The van der Waals surface area contributed by atoms with E-state index in [1.54, 1.807) is 31.4 Å². The van der Waals surface area contributed by atoms with Gasteiger partial charge in [0.15, 0.2) is 0 Å². The quantitative estimate of drug-likeness (QED) is 0.464. The highest BCUT2D eigenvalue weighted by Gasteiger charge is 2.17. The van der Waals surface area contributed by atoms with Gasteiger partial charge in [-0.25, -0.2) is 17.9 Å². The van der Waals surface area contributed by atoms with Crippen LogP contribution >= 0.6 is 12.4 Å². The molecule has 1 aromatic carbocycles. The molecule has 0 saturated heterocycles. The molecule has 0 fully saturated rings. The Hall–Kier alpha value is -1.19. The molecule has 23 heavy (non-hydrogen) atoms. The summed E-state index contributed by atoms with van der Waals surface area (Å²) in [6, 6.07) is 6.49. The van der Waals surface area contributed by atoms with E-state index >= 15 is 0 Å². The van der Waals surface area contributed by atoms with Gasteiger partial charge in [0.2, 0.25) is 10.0 Å².